The van der Waals surface area contributed by atoms with Crippen molar-refractivity contribution in [3.05, 3.63) is 125 Å². The molecule has 6 rings (SSSR count). The minimum atomic E-state index is -2.35. The molecule has 6 aromatic rings. The summed E-state index contributed by atoms with van der Waals surface area (Å²) < 4.78 is 68.0. The minimum absolute atomic E-state index is 0.0518. The van der Waals surface area contributed by atoms with Crippen molar-refractivity contribution in [3.63, 3.8) is 0 Å². The number of benzene rings is 3. The summed E-state index contributed by atoms with van der Waals surface area (Å²) in [7, 11) is 0. The van der Waals surface area contributed by atoms with E-state index in [2.05, 4.69) is 103 Å². The maximum atomic E-state index is 15.4. The summed E-state index contributed by atoms with van der Waals surface area (Å²) in [5.74, 6) is -10.8. The number of hydrogen-bond donors (Lipinski definition) is 15. The number of unbranched alkanes of at least 4 members (excludes halogenated alkanes) is 1. The SMILES string of the molecule is CCc1cc(OCCCCn2cc(COCCOCCOCCOCCOCCOCCOCCOCCCC(C)C)nn2)ccc1-c1ccc(C[C@@H](C)NC(=O)[C@H](CC(=O)O)NC(=O)[C@H](CO)NC(=O)[C@@H](NC(=O)[C@@](C)(Cc2ccccc2F)NC(=O)[C@@H](NC(=O)CNC(=O)[C@H](Cc2nn[nH]n2)NC(=O)C(C)(C)C(=O)NCCc2cnc[nH]2)[C@@H](C)O)[C@@H](C)O)cc1. The molecule has 0 bridgehead atoms. The molecule has 0 spiro atoms. The van der Waals surface area contributed by atoms with Crippen LogP contribution in [0.5, 0.6) is 5.75 Å². The molecule has 9 atom stereocenters. The smallest absolute Gasteiger partial charge is 0.305 e. The van der Waals surface area contributed by atoms with E-state index in [0.717, 1.165) is 86.4 Å². The number of tetrazole rings is 1. The fraction of sp³-hybridized carbons (Fsp3) is 0.600. The standard InChI is InChI=1S/C85H127FN18O23/c1-10-60-45-65(127-29-14-13-27-104-51-64(98-103-104)53-126-43-42-125-41-40-124-39-38-123-37-36-122-35-34-121-33-32-120-31-30-119-28-15-16-55(2)3)23-24-66(60)61-21-19-59(20-22-61)44-56(4)91-77(112)69(47-73(109)110)92-78(113)70(52-105)93-79(114)74(57(5)106)96-83(118)85(9,48-62-17-11-12-18-67(62)86)97-80(115)75(58(6)107)95-72(108)50-89-76(111)68(46-71-99-101-102-100-71)94-82(117)84(7,8)81(116)88-26-25-63-49-87-54-90-63/h11-12,17-24,45,49,51,54-58,68-70,74-75,105-107H,10,13-16,25-44,46-48,50,52-53H2,1-9H3,(H,87,90)(H,88,116)(H,89,111)(H,91,112)(H,92,113)(H,93,114)(H,94,117)(H,95,108)(H,96,118)(H,97,115)(H,109,110)(H,99,100,101,102)/t56-,57-,58-,68+,69+,70+,74+,75+,85-/m1/s1. The second-order valence-corrected chi connectivity index (χ2v) is 31.3. The Hall–Kier alpha value is -10.9. The first-order valence-electron chi connectivity index (χ1n) is 42.6. The van der Waals surface area contributed by atoms with Gasteiger partial charge < -0.3 is 116 Å². The zero-order chi connectivity index (χ0) is 92.5. The van der Waals surface area contributed by atoms with Gasteiger partial charge in [0.15, 0.2) is 5.82 Å². The van der Waals surface area contributed by atoms with E-state index in [1.165, 1.54) is 44.8 Å². The Labute approximate surface area is 737 Å². The molecule has 3 aromatic carbocycles. The van der Waals surface area contributed by atoms with E-state index in [4.69, 9.17) is 42.6 Å². The molecule has 42 heteroatoms. The molecule has 9 amide bonds. The molecule has 0 radical (unpaired) electrons. The van der Waals surface area contributed by atoms with Crippen LogP contribution in [0.1, 0.15) is 128 Å². The summed E-state index contributed by atoms with van der Waals surface area (Å²) in [5.41, 5.74) is 0.904. The fourth-order valence-corrected chi connectivity index (χ4v) is 12.5. The quantitative estimate of drug-likeness (QED) is 0.0181. The molecule has 0 unspecified atom stereocenters. The van der Waals surface area contributed by atoms with E-state index in [1.807, 2.05) is 55.6 Å². The first-order chi connectivity index (χ1) is 60.9. The van der Waals surface area contributed by atoms with Crippen molar-refractivity contribution in [2.24, 2.45) is 11.3 Å². The minimum Gasteiger partial charge on any atom is -0.494 e. The molecule has 15 N–H and O–H groups in total. The number of aromatic amines is 2. The number of ether oxygens (including phenoxy) is 9. The molecule has 702 valence electrons. The van der Waals surface area contributed by atoms with Gasteiger partial charge in [-0.2, -0.15) is 5.21 Å². The lowest BCUT2D eigenvalue weighted by Crippen LogP contribution is -2.67. The highest BCUT2D eigenvalue weighted by molar-refractivity contribution is 6.06. The Bertz CT molecular complexity index is 4300. The first-order valence-corrected chi connectivity index (χ1v) is 42.6. The maximum Gasteiger partial charge on any atom is 0.305 e. The predicted octanol–water partition coefficient (Wildman–Crippen LogP) is 0.372. The van der Waals surface area contributed by atoms with Gasteiger partial charge in [0.25, 0.3) is 0 Å². The number of aliphatic carboxylic acids is 1. The molecule has 0 aliphatic rings. The second-order valence-electron chi connectivity index (χ2n) is 31.3. The lowest BCUT2D eigenvalue weighted by atomic mass is 9.90. The van der Waals surface area contributed by atoms with Gasteiger partial charge in [-0.1, -0.05) is 79.7 Å². The number of rotatable bonds is 66. The van der Waals surface area contributed by atoms with Gasteiger partial charge >= 0.3 is 5.97 Å². The van der Waals surface area contributed by atoms with Crippen LogP contribution in [0.15, 0.2) is 85.5 Å². The van der Waals surface area contributed by atoms with Crippen molar-refractivity contribution < 1.29 is 115 Å². The summed E-state index contributed by atoms with van der Waals surface area (Å²) in [5, 5.41) is 85.5. The number of carbonyl (C=O) groups is 10. The second kappa shape index (κ2) is 57.0. The summed E-state index contributed by atoms with van der Waals surface area (Å²) in [6.45, 7) is 20.9. The predicted molar refractivity (Wildman–Crippen MR) is 456 cm³/mol. The highest BCUT2D eigenvalue weighted by Crippen LogP contribution is 2.29. The normalized spacial score (nSPS) is 13.9. The average Bonchev–Trinajstić information content (AvgIpc) is 1.28. The van der Waals surface area contributed by atoms with E-state index < -0.39 is 157 Å². The van der Waals surface area contributed by atoms with Crippen LogP contribution in [-0.4, -0.2) is 305 Å². The Kier molecular flexibility index (Phi) is 47.1. The first kappa shape index (κ1) is 105. The van der Waals surface area contributed by atoms with Gasteiger partial charge in [-0.3, -0.25) is 52.6 Å². The Morgan fingerprint density at radius 3 is 1.77 bits per heavy atom. The van der Waals surface area contributed by atoms with Crippen molar-refractivity contribution in [1.29, 1.82) is 0 Å². The Morgan fingerprint density at radius 2 is 1.20 bits per heavy atom. The third kappa shape index (κ3) is 39.1. The van der Waals surface area contributed by atoms with E-state index in [1.54, 1.807) is 17.8 Å². The number of hydrogen-bond acceptors (Lipinski definition) is 28. The number of aromatic nitrogens is 9. The highest BCUT2D eigenvalue weighted by Gasteiger charge is 2.43. The van der Waals surface area contributed by atoms with Crippen LogP contribution in [0.3, 0.4) is 0 Å². The van der Waals surface area contributed by atoms with Crippen LogP contribution in [0.4, 0.5) is 4.39 Å². The molecule has 0 aliphatic carbocycles. The summed E-state index contributed by atoms with van der Waals surface area (Å²) >= 11 is 0. The number of aryl methyl sites for hydroxylation is 2. The van der Waals surface area contributed by atoms with Crippen LogP contribution >= 0.6 is 0 Å². The molecular weight excluding hydrogens is 1660 g/mol. The van der Waals surface area contributed by atoms with Gasteiger partial charge in [0.2, 0.25) is 53.2 Å². The summed E-state index contributed by atoms with van der Waals surface area (Å²) in [6, 6.07) is 8.76. The maximum absolute atomic E-state index is 15.4. The molecule has 3 heterocycles. The Balaban J connectivity index is 0.902. The van der Waals surface area contributed by atoms with Crippen LogP contribution in [0.25, 0.3) is 11.1 Å². The number of imidazole rings is 1. The zero-order valence-corrected chi connectivity index (χ0v) is 73.8. The van der Waals surface area contributed by atoms with Crippen molar-refractivity contribution in [3.8, 4) is 16.9 Å². The van der Waals surface area contributed by atoms with Crippen molar-refractivity contribution >= 4 is 59.1 Å². The zero-order valence-electron chi connectivity index (χ0n) is 73.8. The molecule has 127 heavy (non-hydrogen) atoms. The van der Waals surface area contributed by atoms with Gasteiger partial charge in [0, 0.05) is 56.9 Å². The number of carbonyl (C=O) groups excluding carboxylic acids is 9. The molecule has 41 nitrogen and oxygen atoms in total. The summed E-state index contributed by atoms with van der Waals surface area (Å²) in [4.78, 5) is 144. The fourth-order valence-electron chi connectivity index (χ4n) is 12.5. The molecule has 0 saturated carbocycles. The van der Waals surface area contributed by atoms with Crippen LogP contribution in [0, 0.1) is 17.2 Å². The third-order valence-corrected chi connectivity index (χ3v) is 19.8. The number of nitrogens with one attached hydrogen (secondary N) is 11. The number of aliphatic hydroxyl groups excluding tert-OH is 3. The van der Waals surface area contributed by atoms with E-state index in [-0.39, 0.29) is 24.4 Å². The molecule has 3 aromatic heterocycles. The number of amides is 9. The van der Waals surface area contributed by atoms with Gasteiger partial charge in [-0.25, -0.2) is 9.37 Å². The monoisotopic (exact) mass is 1790 g/mol. The third-order valence-electron chi connectivity index (χ3n) is 19.8. The number of aliphatic hydroxyl groups is 3. The van der Waals surface area contributed by atoms with Crippen molar-refractivity contribution in [2.75, 3.05) is 125 Å². The number of nitrogens with zero attached hydrogens (tertiary/aromatic N) is 7. The molecule has 0 aliphatic heterocycles. The summed E-state index contributed by atoms with van der Waals surface area (Å²) in [6.07, 6.45) is 4.40. The van der Waals surface area contributed by atoms with Crippen molar-refractivity contribution in [2.45, 2.75) is 194 Å². The lowest BCUT2D eigenvalue weighted by molar-refractivity contribution is -0.143. The van der Waals surface area contributed by atoms with Gasteiger partial charge in [-0.05, 0) is 132 Å². The Morgan fingerprint density at radius 1 is 0.591 bits per heavy atom. The number of halogens is 1. The van der Waals surface area contributed by atoms with E-state index in [0.29, 0.717) is 137 Å². The lowest BCUT2D eigenvalue weighted by Gasteiger charge is -2.34. The highest BCUT2D eigenvalue weighted by atomic mass is 19.1. The van der Waals surface area contributed by atoms with E-state index in [9.17, 15) is 68.4 Å². The number of carboxylic acid groups (broad SMARTS) is 1. The molecule has 0 fully saturated rings. The molecular formula is C85H127FN18O23. The van der Waals surface area contributed by atoms with Gasteiger partial charge in [0.1, 0.15) is 58.4 Å². The van der Waals surface area contributed by atoms with E-state index >= 15 is 4.39 Å². The topological polar surface area (TPSA) is 557 Å². The van der Waals surface area contributed by atoms with Crippen molar-refractivity contribution in [1.82, 2.24) is 93.4 Å². The number of H-pyrrole nitrogens is 2. The van der Waals surface area contributed by atoms with Gasteiger partial charge in [-0.15, -0.1) is 15.3 Å². The number of carboxylic acids is 1. The van der Waals surface area contributed by atoms with Crippen LogP contribution in [-0.2, 0) is 131 Å². The molecule has 0 saturated heterocycles. The average molecular weight is 1790 g/mol. The van der Waals surface area contributed by atoms with Gasteiger partial charge in [0.05, 0.1) is 150 Å². The largest absolute Gasteiger partial charge is 0.494 e. The van der Waals surface area contributed by atoms with Crippen LogP contribution < -0.4 is 52.6 Å². The van der Waals surface area contributed by atoms with Crippen LogP contribution in [0.2, 0.25) is 0 Å².